The van der Waals surface area contributed by atoms with Crippen LogP contribution in [0.5, 0.6) is 0 Å². The van der Waals surface area contributed by atoms with Crippen LogP contribution in [0.2, 0.25) is 0 Å². The lowest BCUT2D eigenvalue weighted by Crippen LogP contribution is -2.14. The number of fused-ring (bicyclic) bond motifs is 1. The van der Waals surface area contributed by atoms with Gasteiger partial charge in [-0.05, 0) is 42.5 Å². The van der Waals surface area contributed by atoms with E-state index in [1.54, 1.807) is 24.3 Å². The molecule has 0 unspecified atom stereocenters. The Hall–Kier alpha value is -3.15. The lowest BCUT2D eigenvalue weighted by Gasteiger charge is -2.06. The first-order chi connectivity index (χ1) is 11.5. The summed E-state index contributed by atoms with van der Waals surface area (Å²) in [6.07, 6.45) is 1.54. The van der Waals surface area contributed by atoms with Crippen LogP contribution in [0.3, 0.4) is 0 Å². The van der Waals surface area contributed by atoms with Crippen LogP contribution < -0.4 is 10.6 Å². The van der Waals surface area contributed by atoms with E-state index in [2.05, 4.69) is 10.6 Å². The van der Waals surface area contributed by atoms with Gasteiger partial charge >= 0.3 is 0 Å². The number of nitrogens with one attached hydrogen (secondary N) is 2. The molecule has 24 heavy (non-hydrogen) atoms. The van der Waals surface area contributed by atoms with Gasteiger partial charge < -0.3 is 15.1 Å². The fraction of sp³-hybridized carbons (Fsp3) is 0.111. The van der Waals surface area contributed by atoms with Gasteiger partial charge in [-0.15, -0.1) is 0 Å². The van der Waals surface area contributed by atoms with Crippen molar-refractivity contribution in [1.82, 2.24) is 0 Å². The molecule has 0 aliphatic heterocycles. The summed E-state index contributed by atoms with van der Waals surface area (Å²) in [5.41, 5.74) is 2.42. The van der Waals surface area contributed by atoms with Gasteiger partial charge in [0.05, 0.1) is 12.7 Å². The summed E-state index contributed by atoms with van der Waals surface area (Å²) in [6.45, 7) is 1.42. The maximum Gasteiger partial charge on any atom is 0.228 e. The second-order valence-corrected chi connectivity index (χ2v) is 5.38. The number of benzene rings is 2. The molecule has 5 nitrogen and oxygen atoms in total. The first-order valence-electron chi connectivity index (χ1n) is 7.34. The minimum Gasteiger partial charge on any atom is -0.464 e. The average Bonchev–Trinajstić information content (AvgIpc) is 2.91. The van der Waals surface area contributed by atoms with E-state index in [0.29, 0.717) is 27.9 Å². The van der Waals surface area contributed by atoms with Crippen LogP contribution in [-0.2, 0) is 16.0 Å². The second-order valence-electron chi connectivity index (χ2n) is 5.38. The minimum atomic E-state index is -0.376. The lowest BCUT2D eigenvalue weighted by atomic mass is 10.1. The van der Waals surface area contributed by atoms with E-state index in [9.17, 15) is 14.0 Å². The molecule has 2 N–H and O–H groups in total. The molecule has 1 aromatic heterocycles. The monoisotopic (exact) mass is 326 g/mol. The van der Waals surface area contributed by atoms with Crippen molar-refractivity contribution in [2.75, 3.05) is 10.6 Å². The molecule has 0 aliphatic carbocycles. The predicted octanol–water partition coefficient (Wildman–Crippen LogP) is 3.71. The van der Waals surface area contributed by atoms with Gasteiger partial charge in [0.15, 0.2) is 0 Å². The van der Waals surface area contributed by atoms with Crippen molar-refractivity contribution in [2.24, 2.45) is 0 Å². The van der Waals surface area contributed by atoms with Crippen molar-refractivity contribution in [1.29, 1.82) is 0 Å². The number of carbonyl (C=O) groups is 2. The minimum absolute atomic E-state index is 0.0733. The van der Waals surface area contributed by atoms with Crippen LogP contribution in [0.25, 0.3) is 11.0 Å². The Balaban J connectivity index is 1.68. The smallest absolute Gasteiger partial charge is 0.228 e. The fourth-order valence-electron chi connectivity index (χ4n) is 2.41. The summed E-state index contributed by atoms with van der Waals surface area (Å²) in [7, 11) is 0. The molecule has 122 valence electrons. The molecule has 3 aromatic rings. The molecular formula is C18H15FN2O3. The van der Waals surface area contributed by atoms with Gasteiger partial charge in [0, 0.05) is 29.2 Å². The van der Waals surface area contributed by atoms with Crippen LogP contribution in [0.1, 0.15) is 12.5 Å². The highest BCUT2D eigenvalue weighted by Crippen LogP contribution is 2.23. The molecular weight excluding hydrogens is 311 g/mol. The zero-order valence-corrected chi connectivity index (χ0v) is 12.9. The van der Waals surface area contributed by atoms with Crippen LogP contribution in [-0.4, -0.2) is 11.8 Å². The molecule has 2 aromatic carbocycles. The van der Waals surface area contributed by atoms with Crippen molar-refractivity contribution >= 4 is 34.2 Å². The number of hydrogen-bond donors (Lipinski definition) is 2. The molecule has 0 bridgehead atoms. The highest BCUT2D eigenvalue weighted by Gasteiger charge is 2.11. The molecule has 3 rings (SSSR count). The average molecular weight is 326 g/mol. The van der Waals surface area contributed by atoms with Gasteiger partial charge in [-0.3, -0.25) is 9.59 Å². The topological polar surface area (TPSA) is 71.3 Å². The quantitative estimate of drug-likeness (QED) is 0.768. The molecule has 6 heteroatoms. The first kappa shape index (κ1) is 15.7. The van der Waals surface area contributed by atoms with E-state index in [1.165, 1.54) is 31.4 Å². The zero-order valence-electron chi connectivity index (χ0n) is 12.9. The van der Waals surface area contributed by atoms with Gasteiger partial charge in [-0.1, -0.05) is 0 Å². The van der Waals surface area contributed by atoms with Crippen LogP contribution in [0.15, 0.2) is 53.1 Å². The Morgan fingerprint density at radius 1 is 1.04 bits per heavy atom. The van der Waals surface area contributed by atoms with E-state index in [0.717, 1.165) is 0 Å². The Morgan fingerprint density at radius 2 is 1.71 bits per heavy atom. The number of hydrogen-bond acceptors (Lipinski definition) is 3. The molecule has 0 saturated heterocycles. The van der Waals surface area contributed by atoms with Gasteiger partial charge in [0.1, 0.15) is 11.4 Å². The van der Waals surface area contributed by atoms with Gasteiger partial charge in [0.2, 0.25) is 11.8 Å². The normalized spacial score (nSPS) is 10.6. The summed E-state index contributed by atoms with van der Waals surface area (Å²) in [5.74, 6) is -0.779. The number of halogens is 1. The fourth-order valence-corrected chi connectivity index (χ4v) is 2.41. The molecule has 1 heterocycles. The predicted molar refractivity (Wildman–Crippen MR) is 89.3 cm³/mol. The third-order valence-electron chi connectivity index (χ3n) is 3.46. The largest absolute Gasteiger partial charge is 0.464 e. The Morgan fingerprint density at radius 3 is 2.38 bits per heavy atom. The third-order valence-corrected chi connectivity index (χ3v) is 3.46. The van der Waals surface area contributed by atoms with Crippen LogP contribution >= 0.6 is 0 Å². The SMILES string of the molecule is CC(=O)Nc1ccc(NC(=O)Cc2coc3ccc(F)cc23)cc1. The van der Waals surface area contributed by atoms with Crippen molar-refractivity contribution in [3.63, 3.8) is 0 Å². The van der Waals surface area contributed by atoms with E-state index < -0.39 is 0 Å². The van der Waals surface area contributed by atoms with Gasteiger partial charge in [-0.2, -0.15) is 0 Å². The summed E-state index contributed by atoms with van der Waals surface area (Å²) >= 11 is 0. The number of carbonyl (C=O) groups excluding carboxylic acids is 2. The molecule has 0 saturated carbocycles. The summed E-state index contributed by atoms with van der Waals surface area (Å²) in [5, 5.41) is 5.99. The zero-order chi connectivity index (χ0) is 17.1. The summed E-state index contributed by atoms with van der Waals surface area (Å²) in [6, 6.07) is 11.0. The Bertz CT molecular complexity index is 900. The number of rotatable bonds is 4. The highest BCUT2D eigenvalue weighted by molar-refractivity contribution is 5.95. The van der Waals surface area contributed by atoms with E-state index in [4.69, 9.17) is 4.42 Å². The second kappa shape index (κ2) is 6.54. The van der Waals surface area contributed by atoms with Crippen LogP contribution in [0, 0.1) is 5.82 Å². The number of amides is 2. The first-order valence-corrected chi connectivity index (χ1v) is 7.34. The lowest BCUT2D eigenvalue weighted by molar-refractivity contribution is -0.116. The molecule has 0 spiro atoms. The van der Waals surface area contributed by atoms with Crippen molar-refractivity contribution < 1.29 is 18.4 Å². The maximum absolute atomic E-state index is 13.3. The maximum atomic E-state index is 13.3. The summed E-state index contributed by atoms with van der Waals surface area (Å²) < 4.78 is 18.7. The Kier molecular flexibility index (Phi) is 4.29. The summed E-state index contributed by atoms with van der Waals surface area (Å²) in [4.78, 5) is 23.1. The number of furan rings is 1. The van der Waals surface area contributed by atoms with E-state index in [-0.39, 0.29) is 24.1 Å². The molecule has 0 fully saturated rings. The van der Waals surface area contributed by atoms with Crippen molar-refractivity contribution in [3.05, 3.63) is 60.1 Å². The number of anilines is 2. The van der Waals surface area contributed by atoms with Crippen LogP contribution in [0.4, 0.5) is 15.8 Å². The van der Waals surface area contributed by atoms with Crippen molar-refractivity contribution in [3.8, 4) is 0 Å². The van der Waals surface area contributed by atoms with Gasteiger partial charge in [0.25, 0.3) is 0 Å². The third kappa shape index (κ3) is 3.60. The Labute approximate surface area is 137 Å². The van der Waals surface area contributed by atoms with Crippen molar-refractivity contribution in [2.45, 2.75) is 13.3 Å². The molecule has 0 aliphatic rings. The molecule has 0 radical (unpaired) electrons. The van der Waals surface area contributed by atoms with E-state index >= 15 is 0 Å². The molecule has 0 atom stereocenters. The highest BCUT2D eigenvalue weighted by atomic mass is 19.1. The van der Waals surface area contributed by atoms with Gasteiger partial charge in [-0.25, -0.2) is 4.39 Å². The molecule has 2 amide bonds. The van der Waals surface area contributed by atoms with E-state index in [1.807, 2.05) is 0 Å². The standard InChI is InChI=1S/C18H15FN2O3/c1-11(22)20-14-3-5-15(6-4-14)21-18(23)8-12-10-24-17-7-2-13(19)9-16(12)17/h2-7,9-10H,8H2,1H3,(H,20,22)(H,21,23).